The van der Waals surface area contributed by atoms with Gasteiger partial charge in [0, 0.05) is 23.9 Å². The van der Waals surface area contributed by atoms with Gasteiger partial charge in [-0.1, -0.05) is 41.7 Å². The number of aromatic nitrogens is 1. The predicted molar refractivity (Wildman–Crippen MR) is 137 cm³/mol. The molecule has 180 valence electrons. The highest BCUT2D eigenvalue weighted by molar-refractivity contribution is 7.20. The largest absolute Gasteiger partial charge is 0.493 e. The van der Waals surface area contributed by atoms with E-state index in [0.29, 0.717) is 35.4 Å². The van der Waals surface area contributed by atoms with Crippen molar-refractivity contribution in [1.82, 2.24) is 10.5 Å². The molecule has 35 heavy (non-hydrogen) atoms. The number of para-hydroxylation sites is 1. The van der Waals surface area contributed by atoms with E-state index in [2.05, 4.69) is 10.3 Å². The smallest absolute Gasteiger partial charge is 0.274 e. The molecular formula is C26H25N3O5S. The van der Waals surface area contributed by atoms with Crippen LogP contribution >= 0.6 is 11.3 Å². The molecule has 0 spiro atoms. The van der Waals surface area contributed by atoms with Gasteiger partial charge in [0.1, 0.15) is 6.61 Å². The molecule has 4 rings (SSSR count). The Labute approximate surface area is 206 Å². The number of ether oxygens (including phenoxy) is 3. The first kappa shape index (κ1) is 24.1. The van der Waals surface area contributed by atoms with Crippen molar-refractivity contribution >= 4 is 39.2 Å². The van der Waals surface area contributed by atoms with E-state index in [1.165, 1.54) is 11.3 Å². The molecular weight excluding hydrogens is 466 g/mol. The summed E-state index contributed by atoms with van der Waals surface area (Å²) in [4.78, 5) is 16.1. The minimum atomic E-state index is -0.560. The number of carbonyl (C=O) groups is 1. The fourth-order valence-corrected chi connectivity index (χ4v) is 4.22. The molecule has 0 atom stereocenters. The molecule has 8 nitrogen and oxygen atoms in total. The molecule has 1 aromatic heterocycles. The number of hydrogen-bond acceptors (Lipinski definition) is 8. The van der Waals surface area contributed by atoms with Crippen molar-refractivity contribution in [3.63, 3.8) is 0 Å². The zero-order valence-corrected chi connectivity index (χ0v) is 20.1. The van der Waals surface area contributed by atoms with E-state index in [1.54, 1.807) is 44.0 Å². The quantitative estimate of drug-likeness (QED) is 0.212. The fourth-order valence-electron chi connectivity index (χ4n) is 3.40. The Morgan fingerprint density at radius 2 is 1.80 bits per heavy atom. The Hall–Kier alpha value is -4.08. The number of rotatable bonds is 10. The first-order valence-electron chi connectivity index (χ1n) is 10.8. The molecule has 0 aliphatic rings. The Morgan fingerprint density at radius 3 is 2.51 bits per heavy atom. The van der Waals surface area contributed by atoms with Gasteiger partial charge in [-0.2, -0.15) is 0 Å². The van der Waals surface area contributed by atoms with Gasteiger partial charge in [0.2, 0.25) is 0 Å². The van der Waals surface area contributed by atoms with Crippen LogP contribution in [0.2, 0.25) is 0 Å². The van der Waals surface area contributed by atoms with Crippen molar-refractivity contribution in [2.24, 2.45) is 0 Å². The van der Waals surface area contributed by atoms with Crippen molar-refractivity contribution in [1.29, 1.82) is 0 Å². The number of nitrogens with one attached hydrogen (secondary N) is 2. The van der Waals surface area contributed by atoms with Crippen LogP contribution in [0.15, 0.2) is 72.3 Å². The minimum absolute atomic E-state index is 0.318. The van der Waals surface area contributed by atoms with Crippen LogP contribution in [0.4, 0.5) is 5.69 Å². The first-order chi connectivity index (χ1) is 17.1. The zero-order chi connectivity index (χ0) is 24.6. The number of methoxy groups -OCH3 is 2. The second kappa shape index (κ2) is 11.4. The van der Waals surface area contributed by atoms with Crippen LogP contribution in [0.5, 0.6) is 16.7 Å². The molecule has 0 aliphatic heterocycles. The third-order valence-electron chi connectivity index (χ3n) is 5.20. The molecule has 4 aromatic rings. The summed E-state index contributed by atoms with van der Waals surface area (Å²) in [6, 6.07) is 20.4. The molecule has 0 unspecified atom stereocenters. The van der Waals surface area contributed by atoms with Crippen LogP contribution in [0, 0.1) is 0 Å². The first-order valence-corrected chi connectivity index (χ1v) is 11.6. The summed E-state index contributed by atoms with van der Waals surface area (Å²) in [6.07, 6.45) is 1.99. The van der Waals surface area contributed by atoms with Crippen molar-refractivity contribution in [3.05, 3.63) is 83.4 Å². The van der Waals surface area contributed by atoms with Gasteiger partial charge in [0.25, 0.3) is 11.1 Å². The van der Waals surface area contributed by atoms with Crippen LogP contribution in [0.1, 0.15) is 15.9 Å². The summed E-state index contributed by atoms with van der Waals surface area (Å²) in [5.74, 6) is 0.724. The monoisotopic (exact) mass is 491 g/mol. The van der Waals surface area contributed by atoms with Gasteiger partial charge in [-0.15, -0.1) is 0 Å². The van der Waals surface area contributed by atoms with Gasteiger partial charge in [-0.3, -0.25) is 10.0 Å². The highest BCUT2D eigenvalue weighted by Crippen LogP contribution is 2.30. The number of benzene rings is 3. The topological polar surface area (TPSA) is 102 Å². The van der Waals surface area contributed by atoms with Gasteiger partial charge >= 0.3 is 0 Å². The summed E-state index contributed by atoms with van der Waals surface area (Å²) in [6.45, 7) is 0.818. The molecule has 3 aromatic carbocycles. The number of hydroxylamine groups is 1. The maximum atomic E-state index is 11.6. The van der Waals surface area contributed by atoms with E-state index in [9.17, 15) is 4.79 Å². The van der Waals surface area contributed by atoms with E-state index >= 15 is 0 Å². The van der Waals surface area contributed by atoms with Crippen LogP contribution in [0.25, 0.3) is 16.3 Å². The number of fused-ring (bicyclic) bond motifs is 1. The maximum Gasteiger partial charge on any atom is 0.274 e. The van der Waals surface area contributed by atoms with Crippen LogP contribution in [0.3, 0.4) is 0 Å². The van der Waals surface area contributed by atoms with E-state index in [0.717, 1.165) is 27.0 Å². The molecule has 0 radical (unpaired) electrons. The molecule has 0 saturated carbocycles. The van der Waals surface area contributed by atoms with Gasteiger partial charge in [-0.25, -0.2) is 10.5 Å². The molecule has 3 N–H and O–H groups in total. The lowest BCUT2D eigenvalue weighted by atomic mass is 10.1. The lowest BCUT2D eigenvalue weighted by Gasteiger charge is -2.13. The Balaban J connectivity index is 1.53. The number of carbonyl (C=O) groups excluding carboxylic acids is 1. The standard InChI is InChI=1S/C26H25N3O5S/c1-32-22-12-11-20(14-23(22)33-2)27-15-18(13-17-7-9-19(10-8-17)25(30)29-31)16-34-26-28-21-5-3-4-6-24(21)35-26/h3-14,27,31H,15-16H2,1-2H3,(H,29,30)/b18-13-. The van der Waals surface area contributed by atoms with E-state index in [1.807, 2.05) is 48.5 Å². The van der Waals surface area contributed by atoms with Gasteiger partial charge in [0.15, 0.2) is 11.5 Å². The predicted octanol–water partition coefficient (Wildman–Crippen LogP) is 5.01. The maximum absolute atomic E-state index is 11.6. The summed E-state index contributed by atoms with van der Waals surface area (Å²) >= 11 is 1.50. The van der Waals surface area contributed by atoms with Crippen molar-refractivity contribution in [2.45, 2.75) is 0 Å². The van der Waals surface area contributed by atoms with E-state index in [4.69, 9.17) is 19.4 Å². The average Bonchev–Trinajstić information content (AvgIpc) is 3.33. The molecule has 9 heteroatoms. The summed E-state index contributed by atoms with van der Waals surface area (Å²) in [7, 11) is 3.19. The minimum Gasteiger partial charge on any atom is -0.493 e. The molecule has 0 aliphatic carbocycles. The van der Waals surface area contributed by atoms with Crippen molar-refractivity contribution < 1.29 is 24.2 Å². The van der Waals surface area contributed by atoms with Crippen molar-refractivity contribution in [2.75, 3.05) is 32.7 Å². The molecule has 1 heterocycles. The van der Waals surface area contributed by atoms with Crippen LogP contribution in [-0.2, 0) is 0 Å². The average molecular weight is 492 g/mol. The molecule has 0 fully saturated rings. The Kier molecular flexibility index (Phi) is 7.81. The third-order valence-corrected chi connectivity index (χ3v) is 6.15. The number of anilines is 1. The number of nitrogens with zero attached hydrogens (tertiary/aromatic N) is 1. The Morgan fingerprint density at radius 1 is 1.03 bits per heavy atom. The van der Waals surface area contributed by atoms with Gasteiger partial charge in [-0.05, 0) is 47.5 Å². The van der Waals surface area contributed by atoms with Crippen LogP contribution < -0.4 is 25.0 Å². The van der Waals surface area contributed by atoms with Gasteiger partial charge in [0.05, 0.1) is 24.4 Å². The molecule has 0 saturated heterocycles. The fraction of sp³-hybridized carbons (Fsp3) is 0.154. The number of thiazole rings is 1. The van der Waals surface area contributed by atoms with Gasteiger partial charge < -0.3 is 19.5 Å². The highest BCUT2D eigenvalue weighted by atomic mass is 32.1. The van der Waals surface area contributed by atoms with Crippen molar-refractivity contribution in [3.8, 4) is 16.7 Å². The summed E-state index contributed by atoms with van der Waals surface area (Å²) < 4.78 is 17.8. The lowest BCUT2D eigenvalue weighted by molar-refractivity contribution is 0.0706. The highest BCUT2D eigenvalue weighted by Gasteiger charge is 2.09. The molecule has 1 amide bonds. The SMILES string of the molecule is COc1ccc(NC/C(=C/c2ccc(C(=O)NO)cc2)COc2nc3ccccc3s2)cc1OC. The van der Waals surface area contributed by atoms with E-state index in [-0.39, 0.29) is 0 Å². The zero-order valence-electron chi connectivity index (χ0n) is 19.3. The summed E-state index contributed by atoms with van der Waals surface area (Å²) in [5, 5.41) is 12.8. The second-order valence-corrected chi connectivity index (χ2v) is 8.52. The van der Waals surface area contributed by atoms with E-state index < -0.39 is 5.91 Å². The third kappa shape index (κ3) is 6.08. The number of hydrogen-bond donors (Lipinski definition) is 3. The molecule has 0 bridgehead atoms. The number of amides is 1. The second-order valence-electron chi connectivity index (χ2n) is 7.53. The van der Waals surface area contributed by atoms with Crippen LogP contribution in [-0.4, -0.2) is 43.5 Å². The summed E-state index contributed by atoms with van der Waals surface area (Å²) in [5.41, 5.74) is 5.61. The normalized spacial score (nSPS) is 11.2. The Bertz CT molecular complexity index is 1300. The lowest BCUT2D eigenvalue weighted by Crippen LogP contribution is -2.18.